The zero-order valence-electron chi connectivity index (χ0n) is 12.6. The minimum Gasteiger partial charge on any atom is -0.370 e. The Morgan fingerprint density at radius 1 is 1.24 bits per heavy atom. The van der Waals surface area contributed by atoms with E-state index in [2.05, 4.69) is 17.2 Å². The first-order valence-electron chi connectivity index (χ1n) is 7.31. The normalized spacial score (nSPS) is 10.6. The predicted molar refractivity (Wildman–Crippen MR) is 84.7 cm³/mol. The lowest BCUT2D eigenvalue weighted by atomic mass is 10.2. The van der Waals surface area contributed by atoms with E-state index < -0.39 is 0 Å². The Morgan fingerprint density at radius 3 is 2.81 bits per heavy atom. The molecule has 4 heteroatoms. The molecule has 0 amide bonds. The molecule has 1 aromatic carbocycles. The molecular weight excluding hydrogens is 265 g/mol. The number of halogens is 1. The first-order valence-corrected chi connectivity index (χ1v) is 7.31. The van der Waals surface area contributed by atoms with Crippen LogP contribution in [0.2, 0.25) is 0 Å². The highest BCUT2D eigenvalue weighted by Crippen LogP contribution is 2.17. The van der Waals surface area contributed by atoms with Crippen LogP contribution in [-0.2, 0) is 13.1 Å². The van der Waals surface area contributed by atoms with Gasteiger partial charge in [0.1, 0.15) is 5.82 Å². The highest BCUT2D eigenvalue weighted by atomic mass is 19.1. The summed E-state index contributed by atoms with van der Waals surface area (Å²) in [5.41, 5.74) is 2.74. The number of hydrogen-bond acceptors (Lipinski definition) is 3. The summed E-state index contributed by atoms with van der Waals surface area (Å²) >= 11 is 0. The van der Waals surface area contributed by atoms with Crippen LogP contribution in [-0.4, -0.2) is 18.6 Å². The summed E-state index contributed by atoms with van der Waals surface area (Å²) in [6.45, 7) is 4.42. The fourth-order valence-electron chi connectivity index (χ4n) is 2.17. The summed E-state index contributed by atoms with van der Waals surface area (Å²) in [4.78, 5) is 6.39. The minimum atomic E-state index is -0.164. The number of benzene rings is 1. The minimum absolute atomic E-state index is 0.164. The van der Waals surface area contributed by atoms with E-state index in [1.807, 2.05) is 36.2 Å². The quantitative estimate of drug-likeness (QED) is 0.792. The maximum atomic E-state index is 13.7. The van der Waals surface area contributed by atoms with Gasteiger partial charge in [0.25, 0.3) is 0 Å². The third kappa shape index (κ3) is 4.53. The first kappa shape index (κ1) is 15.4. The van der Waals surface area contributed by atoms with Gasteiger partial charge in [-0.05, 0) is 31.2 Å². The number of pyridine rings is 1. The lowest BCUT2D eigenvalue weighted by Gasteiger charge is -2.20. The molecule has 0 atom stereocenters. The van der Waals surface area contributed by atoms with E-state index in [0.29, 0.717) is 12.1 Å². The van der Waals surface area contributed by atoms with Crippen LogP contribution in [0.1, 0.15) is 24.6 Å². The molecule has 1 N–H and O–H groups in total. The van der Waals surface area contributed by atoms with Crippen molar-refractivity contribution in [2.24, 2.45) is 0 Å². The Bertz CT molecular complexity index is 571. The topological polar surface area (TPSA) is 28.2 Å². The van der Waals surface area contributed by atoms with Gasteiger partial charge in [-0.3, -0.25) is 4.98 Å². The van der Waals surface area contributed by atoms with Gasteiger partial charge in [-0.2, -0.15) is 0 Å². The van der Waals surface area contributed by atoms with E-state index in [4.69, 9.17) is 0 Å². The van der Waals surface area contributed by atoms with E-state index >= 15 is 0 Å². The summed E-state index contributed by atoms with van der Waals surface area (Å²) < 4.78 is 13.7. The molecule has 21 heavy (non-hydrogen) atoms. The van der Waals surface area contributed by atoms with Gasteiger partial charge in [0.15, 0.2) is 0 Å². The van der Waals surface area contributed by atoms with Gasteiger partial charge in [-0.15, -0.1) is 0 Å². The molecule has 0 saturated heterocycles. The number of nitrogens with zero attached hydrogens (tertiary/aromatic N) is 2. The molecule has 3 nitrogen and oxygen atoms in total. The Kier molecular flexibility index (Phi) is 5.69. The molecule has 1 aromatic heterocycles. The number of anilines is 1. The number of rotatable bonds is 7. The molecule has 112 valence electrons. The molecule has 2 aromatic rings. The Hall–Kier alpha value is -1.94. The van der Waals surface area contributed by atoms with Gasteiger partial charge in [-0.1, -0.05) is 25.1 Å². The third-order valence-corrected chi connectivity index (χ3v) is 3.34. The predicted octanol–water partition coefficient (Wildman–Crippen LogP) is 3.36. The van der Waals surface area contributed by atoms with E-state index in [-0.39, 0.29) is 5.82 Å². The summed E-state index contributed by atoms with van der Waals surface area (Å²) in [5, 5.41) is 3.34. The smallest absolute Gasteiger partial charge is 0.128 e. The maximum Gasteiger partial charge on any atom is 0.128 e. The van der Waals surface area contributed by atoms with Crippen LogP contribution < -0.4 is 10.2 Å². The van der Waals surface area contributed by atoms with Crippen molar-refractivity contribution >= 4 is 5.69 Å². The molecule has 0 fully saturated rings. The highest BCUT2D eigenvalue weighted by Gasteiger charge is 2.07. The van der Waals surface area contributed by atoms with E-state index in [9.17, 15) is 4.39 Å². The van der Waals surface area contributed by atoms with Gasteiger partial charge in [0.05, 0.1) is 5.69 Å². The van der Waals surface area contributed by atoms with Crippen LogP contribution in [0.5, 0.6) is 0 Å². The van der Waals surface area contributed by atoms with Gasteiger partial charge < -0.3 is 10.2 Å². The molecule has 0 aliphatic heterocycles. The molecule has 0 radical (unpaired) electrons. The SMILES string of the molecule is CCCNCc1cc(N(C)Cc2ccccc2F)ccn1. The van der Waals surface area contributed by atoms with Crippen LogP contribution in [0.3, 0.4) is 0 Å². The fraction of sp³-hybridized carbons (Fsp3) is 0.353. The van der Waals surface area contributed by atoms with E-state index in [1.54, 1.807) is 12.3 Å². The van der Waals surface area contributed by atoms with Crippen LogP contribution in [0, 0.1) is 5.82 Å². The van der Waals surface area contributed by atoms with Crippen LogP contribution in [0.15, 0.2) is 42.6 Å². The summed E-state index contributed by atoms with van der Waals surface area (Å²) in [7, 11) is 1.96. The zero-order chi connectivity index (χ0) is 15.1. The van der Waals surface area contributed by atoms with Crippen molar-refractivity contribution in [1.82, 2.24) is 10.3 Å². The van der Waals surface area contributed by atoms with Crippen molar-refractivity contribution in [2.75, 3.05) is 18.5 Å². The van der Waals surface area contributed by atoms with Gasteiger partial charge in [0, 0.05) is 37.6 Å². The van der Waals surface area contributed by atoms with Gasteiger partial charge in [0.2, 0.25) is 0 Å². The second-order valence-electron chi connectivity index (χ2n) is 5.13. The average Bonchev–Trinajstić information content (AvgIpc) is 2.50. The van der Waals surface area contributed by atoms with Gasteiger partial charge in [-0.25, -0.2) is 4.39 Å². The summed E-state index contributed by atoms with van der Waals surface area (Å²) in [5.74, 6) is -0.164. The van der Waals surface area contributed by atoms with E-state index in [0.717, 1.165) is 30.9 Å². The maximum absolute atomic E-state index is 13.7. The summed E-state index contributed by atoms with van der Waals surface area (Å²) in [6.07, 6.45) is 2.91. The standard InChI is InChI=1S/C17H22FN3/c1-3-9-19-12-15-11-16(8-10-20-15)21(2)13-14-6-4-5-7-17(14)18/h4-8,10-11,19H,3,9,12-13H2,1-2H3. The average molecular weight is 287 g/mol. The first-order chi connectivity index (χ1) is 10.2. The highest BCUT2D eigenvalue weighted by molar-refractivity contribution is 5.46. The van der Waals surface area contributed by atoms with Crippen LogP contribution in [0.25, 0.3) is 0 Å². The Balaban J connectivity index is 2.03. The van der Waals surface area contributed by atoms with Crippen LogP contribution in [0.4, 0.5) is 10.1 Å². The lowest BCUT2D eigenvalue weighted by Crippen LogP contribution is -2.19. The molecule has 0 aliphatic rings. The zero-order valence-corrected chi connectivity index (χ0v) is 12.6. The van der Waals surface area contributed by atoms with E-state index in [1.165, 1.54) is 6.07 Å². The van der Waals surface area contributed by atoms with Crippen molar-refractivity contribution in [3.63, 3.8) is 0 Å². The van der Waals surface area contributed by atoms with Crippen molar-refractivity contribution < 1.29 is 4.39 Å². The Morgan fingerprint density at radius 2 is 2.05 bits per heavy atom. The molecule has 0 bridgehead atoms. The third-order valence-electron chi connectivity index (χ3n) is 3.34. The molecule has 0 unspecified atom stereocenters. The van der Waals surface area contributed by atoms with Crippen molar-refractivity contribution in [2.45, 2.75) is 26.4 Å². The molecular formula is C17H22FN3. The second kappa shape index (κ2) is 7.74. The van der Waals surface area contributed by atoms with Gasteiger partial charge >= 0.3 is 0 Å². The number of hydrogen-bond donors (Lipinski definition) is 1. The second-order valence-corrected chi connectivity index (χ2v) is 5.13. The number of nitrogens with one attached hydrogen (secondary N) is 1. The monoisotopic (exact) mass is 287 g/mol. The Labute approximate surface area is 125 Å². The van der Waals surface area contributed by atoms with Crippen molar-refractivity contribution in [3.8, 4) is 0 Å². The van der Waals surface area contributed by atoms with Crippen LogP contribution >= 0.6 is 0 Å². The fourth-order valence-corrected chi connectivity index (χ4v) is 2.17. The molecule has 2 rings (SSSR count). The molecule has 0 aliphatic carbocycles. The lowest BCUT2D eigenvalue weighted by molar-refractivity contribution is 0.608. The molecule has 0 spiro atoms. The van der Waals surface area contributed by atoms with Crippen molar-refractivity contribution in [3.05, 3.63) is 59.7 Å². The molecule has 1 heterocycles. The number of aromatic nitrogens is 1. The van der Waals surface area contributed by atoms with Crippen molar-refractivity contribution in [1.29, 1.82) is 0 Å². The molecule has 0 saturated carbocycles. The summed E-state index contributed by atoms with van der Waals surface area (Å²) in [6, 6.07) is 10.9. The largest absolute Gasteiger partial charge is 0.370 e.